The van der Waals surface area contributed by atoms with E-state index in [1.807, 2.05) is 0 Å². The lowest BCUT2D eigenvalue weighted by molar-refractivity contribution is 0.0693. The van der Waals surface area contributed by atoms with E-state index in [1.165, 1.54) is 24.7 Å². The number of hydrogen-bond acceptors (Lipinski definition) is 6. The lowest BCUT2D eigenvalue weighted by atomic mass is 10.2. The molecule has 0 aliphatic carbocycles. The molecule has 2 aromatic rings. The largest absolute Gasteiger partial charge is 0.478 e. The maximum Gasteiger partial charge on any atom is 0.336 e. The zero-order chi connectivity index (χ0) is 14.8. The minimum atomic E-state index is -3.95. The van der Waals surface area contributed by atoms with Crippen LogP contribution in [0.15, 0.2) is 51.6 Å². The number of nitrogens with two attached hydrogens (primary N) is 1. The van der Waals surface area contributed by atoms with Crippen LogP contribution in [0.5, 0.6) is 0 Å². The van der Waals surface area contributed by atoms with Gasteiger partial charge in [-0.3, -0.25) is 0 Å². The summed E-state index contributed by atoms with van der Waals surface area (Å²) in [6, 6.07) is 5.28. The zero-order valence-electron chi connectivity index (χ0n) is 9.92. The molecule has 3 N–H and O–H groups in total. The third-order valence-electron chi connectivity index (χ3n) is 2.28. The minimum Gasteiger partial charge on any atom is -0.478 e. The van der Waals surface area contributed by atoms with Gasteiger partial charge in [-0.2, -0.15) is 0 Å². The van der Waals surface area contributed by atoms with Crippen molar-refractivity contribution in [3.05, 3.63) is 42.4 Å². The molecule has 9 heteroatoms. The average molecular weight is 311 g/mol. The molecule has 0 aliphatic heterocycles. The molecular weight excluding hydrogens is 302 g/mol. The van der Waals surface area contributed by atoms with Gasteiger partial charge >= 0.3 is 5.97 Å². The summed E-state index contributed by atoms with van der Waals surface area (Å²) in [5.41, 5.74) is -0.153. The predicted molar refractivity (Wildman–Crippen MR) is 70.9 cm³/mol. The molecule has 0 radical (unpaired) electrons. The van der Waals surface area contributed by atoms with Crippen LogP contribution in [0.4, 0.5) is 0 Å². The van der Waals surface area contributed by atoms with Crippen LogP contribution in [0.3, 0.4) is 0 Å². The van der Waals surface area contributed by atoms with Crippen molar-refractivity contribution in [2.75, 3.05) is 0 Å². The van der Waals surface area contributed by atoms with Gasteiger partial charge in [0.1, 0.15) is 11.4 Å². The molecule has 0 aliphatic rings. The first-order valence-corrected chi connectivity index (χ1v) is 7.58. The highest BCUT2D eigenvalue weighted by Crippen LogP contribution is 2.30. The maximum absolute atomic E-state index is 11.2. The van der Waals surface area contributed by atoms with Gasteiger partial charge in [0.15, 0.2) is 0 Å². The van der Waals surface area contributed by atoms with E-state index < -0.39 is 16.0 Å². The average Bonchev–Trinajstić information content (AvgIpc) is 2.38. The van der Waals surface area contributed by atoms with Crippen LogP contribution in [0.25, 0.3) is 0 Å². The lowest BCUT2D eigenvalue weighted by Gasteiger charge is -2.07. The summed E-state index contributed by atoms with van der Waals surface area (Å²) in [4.78, 5) is 19.0. The van der Waals surface area contributed by atoms with E-state index in [1.54, 1.807) is 6.07 Å². The number of aromatic nitrogens is 2. The summed E-state index contributed by atoms with van der Waals surface area (Å²) in [6.45, 7) is 0. The first-order valence-electron chi connectivity index (χ1n) is 5.22. The van der Waals surface area contributed by atoms with Crippen molar-refractivity contribution < 1.29 is 18.3 Å². The number of aromatic carboxylic acids is 1. The number of benzene rings is 1. The van der Waals surface area contributed by atoms with Gasteiger partial charge in [-0.15, -0.1) is 0 Å². The first-order chi connectivity index (χ1) is 9.38. The number of rotatable bonds is 4. The molecule has 0 unspecified atom stereocenters. The number of primary sulfonamides is 1. The molecule has 1 heterocycles. The minimum absolute atomic E-state index is 0.153. The zero-order valence-corrected chi connectivity index (χ0v) is 11.6. The van der Waals surface area contributed by atoms with Crippen molar-refractivity contribution in [2.24, 2.45) is 5.14 Å². The molecule has 20 heavy (non-hydrogen) atoms. The van der Waals surface area contributed by atoms with Crippen LogP contribution in [0, 0.1) is 0 Å². The molecular formula is C11H9N3O4S2. The van der Waals surface area contributed by atoms with Crippen LogP contribution < -0.4 is 5.14 Å². The van der Waals surface area contributed by atoms with Crippen molar-refractivity contribution in [2.45, 2.75) is 14.8 Å². The van der Waals surface area contributed by atoms with Gasteiger partial charge in [-0.05, 0) is 24.3 Å². The molecule has 7 nitrogen and oxygen atoms in total. The fraction of sp³-hybridized carbons (Fsp3) is 0. The molecule has 0 amide bonds. The van der Waals surface area contributed by atoms with E-state index in [-0.39, 0.29) is 10.5 Å². The van der Waals surface area contributed by atoms with Crippen molar-refractivity contribution in [3.8, 4) is 0 Å². The number of carboxylic acids is 1. The molecule has 0 saturated heterocycles. The van der Waals surface area contributed by atoms with Crippen molar-refractivity contribution >= 4 is 27.8 Å². The Kier molecular flexibility index (Phi) is 4.02. The standard InChI is InChI=1S/C11H9N3O4S2/c12-20(17,18)7-1-2-9(8(5-7)11(15)16)19-10-3-4-13-6-14-10/h1-6H,(H,15,16)(H2,12,17,18). The van der Waals surface area contributed by atoms with Gasteiger partial charge in [0.25, 0.3) is 0 Å². The smallest absolute Gasteiger partial charge is 0.336 e. The van der Waals surface area contributed by atoms with Crippen LogP contribution in [-0.4, -0.2) is 29.5 Å². The normalized spacial score (nSPS) is 11.2. The quantitative estimate of drug-likeness (QED) is 0.806. The first kappa shape index (κ1) is 14.4. The van der Waals surface area contributed by atoms with E-state index in [9.17, 15) is 13.2 Å². The third-order valence-corrected chi connectivity index (χ3v) is 4.22. The summed E-state index contributed by atoms with van der Waals surface area (Å²) in [7, 11) is -3.95. The molecule has 0 spiro atoms. The van der Waals surface area contributed by atoms with Crippen LogP contribution in [0.2, 0.25) is 0 Å². The Hall–Kier alpha value is -1.97. The molecule has 2 rings (SSSR count). The number of hydrogen-bond donors (Lipinski definition) is 2. The summed E-state index contributed by atoms with van der Waals surface area (Å²) >= 11 is 1.09. The van der Waals surface area contributed by atoms with Gasteiger partial charge in [0, 0.05) is 11.1 Å². The molecule has 0 bridgehead atoms. The predicted octanol–water partition coefficient (Wildman–Crippen LogP) is 0.973. The number of nitrogens with zero attached hydrogens (tertiary/aromatic N) is 2. The van der Waals surface area contributed by atoms with Crippen LogP contribution in [-0.2, 0) is 10.0 Å². The Bertz CT molecular complexity index is 748. The Morgan fingerprint density at radius 2 is 2.05 bits per heavy atom. The van der Waals surface area contributed by atoms with Gasteiger partial charge < -0.3 is 5.11 Å². The van der Waals surface area contributed by atoms with Gasteiger partial charge in [-0.25, -0.2) is 28.3 Å². The Balaban J connectivity index is 2.46. The second-order valence-corrected chi connectivity index (χ2v) is 6.28. The van der Waals surface area contributed by atoms with E-state index in [0.717, 1.165) is 17.8 Å². The summed E-state index contributed by atoms with van der Waals surface area (Å²) in [5.74, 6) is -1.24. The highest BCUT2D eigenvalue weighted by molar-refractivity contribution is 7.99. The van der Waals surface area contributed by atoms with Crippen LogP contribution >= 0.6 is 11.8 Å². The van der Waals surface area contributed by atoms with Crippen molar-refractivity contribution in [1.29, 1.82) is 0 Å². The fourth-order valence-electron chi connectivity index (χ4n) is 1.39. The molecule has 1 aromatic carbocycles. The summed E-state index contributed by atoms with van der Waals surface area (Å²) in [6.07, 6.45) is 2.86. The highest BCUT2D eigenvalue weighted by Gasteiger charge is 2.17. The number of sulfonamides is 1. The van der Waals surface area contributed by atoms with E-state index in [4.69, 9.17) is 10.2 Å². The third kappa shape index (κ3) is 3.32. The molecule has 0 fully saturated rings. The summed E-state index contributed by atoms with van der Waals surface area (Å²) in [5, 5.41) is 14.7. The Labute approximate surface area is 118 Å². The number of carboxylic acid groups (broad SMARTS) is 1. The molecule has 104 valence electrons. The lowest BCUT2D eigenvalue weighted by Crippen LogP contribution is -2.13. The van der Waals surface area contributed by atoms with Crippen molar-refractivity contribution in [3.63, 3.8) is 0 Å². The van der Waals surface area contributed by atoms with Crippen LogP contribution in [0.1, 0.15) is 10.4 Å². The molecule has 0 atom stereocenters. The second kappa shape index (κ2) is 5.57. The van der Waals surface area contributed by atoms with Gasteiger partial charge in [0.05, 0.1) is 10.5 Å². The molecule has 1 aromatic heterocycles. The molecule has 0 saturated carbocycles. The number of carbonyl (C=O) groups is 1. The topological polar surface area (TPSA) is 123 Å². The fourth-order valence-corrected chi connectivity index (χ4v) is 2.78. The van der Waals surface area contributed by atoms with E-state index >= 15 is 0 Å². The van der Waals surface area contributed by atoms with Gasteiger partial charge in [-0.1, -0.05) is 11.8 Å². The monoisotopic (exact) mass is 311 g/mol. The Morgan fingerprint density at radius 3 is 2.60 bits per heavy atom. The SMILES string of the molecule is NS(=O)(=O)c1ccc(Sc2ccncn2)c(C(=O)O)c1. The second-order valence-electron chi connectivity index (χ2n) is 3.66. The highest BCUT2D eigenvalue weighted by atomic mass is 32.2. The summed E-state index contributed by atoms with van der Waals surface area (Å²) < 4.78 is 22.5. The van der Waals surface area contributed by atoms with Crippen molar-refractivity contribution in [1.82, 2.24) is 9.97 Å². The Morgan fingerprint density at radius 1 is 1.30 bits per heavy atom. The van der Waals surface area contributed by atoms with Gasteiger partial charge in [0.2, 0.25) is 10.0 Å². The maximum atomic E-state index is 11.2. The van der Waals surface area contributed by atoms with E-state index in [0.29, 0.717) is 9.92 Å². The van der Waals surface area contributed by atoms with E-state index in [2.05, 4.69) is 9.97 Å².